The molecule has 0 aliphatic carbocycles. The van der Waals surface area contributed by atoms with E-state index in [0.29, 0.717) is 19.6 Å². The first-order chi connectivity index (χ1) is 11.1. The third-order valence-electron chi connectivity index (χ3n) is 4.00. The predicted molar refractivity (Wildman–Crippen MR) is 96.8 cm³/mol. The van der Waals surface area contributed by atoms with Crippen LogP contribution in [0.25, 0.3) is 0 Å². The quantitative estimate of drug-likeness (QED) is 0.830. The Morgan fingerprint density at radius 2 is 2.00 bits per heavy atom. The Morgan fingerprint density at radius 3 is 2.61 bits per heavy atom. The molecule has 1 aliphatic rings. The lowest BCUT2D eigenvalue weighted by atomic mass is 9.96. The van der Waals surface area contributed by atoms with Crippen LogP contribution in [0, 0.1) is 5.92 Å². The fraction of sp³-hybridized carbons (Fsp3) is 0.375. The van der Waals surface area contributed by atoms with Crippen molar-refractivity contribution in [3.63, 3.8) is 0 Å². The lowest BCUT2D eigenvalue weighted by Gasteiger charge is -2.31. The lowest BCUT2D eigenvalue weighted by molar-refractivity contribution is -0.126. The minimum atomic E-state index is 0.00104. The second-order valence-corrected chi connectivity index (χ2v) is 8.26. The van der Waals surface area contributed by atoms with Crippen LogP contribution in [0.15, 0.2) is 33.4 Å². The summed E-state index contributed by atoms with van der Waals surface area (Å²) in [5, 5.41) is 6.92. The standard InChI is InChI=1S/C16H17BrN2O2S2/c17-12-5-9-23-14(12)10-18-15(20)11-3-6-19(7-4-11)16(21)13-2-1-8-22-13/h1-2,5,8-9,11H,3-4,6-7,10H2,(H,18,20). The van der Waals surface area contributed by atoms with Gasteiger partial charge in [-0.1, -0.05) is 6.07 Å². The van der Waals surface area contributed by atoms with Crippen molar-refractivity contribution in [2.75, 3.05) is 13.1 Å². The maximum atomic E-state index is 12.3. The maximum Gasteiger partial charge on any atom is 0.263 e. The molecule has 1 fully saturated rings. The van der Waals surface area contributed by atoms with E-state index in [4.69, 9.17) is 0 Å². The summed E-state index contributed by atoms with van der Waals surface area (Å²) in [5.41, 5.74) is 0. The van der Waals surface area contributed by atoms with Crippen molar-refractivity contribution < 1.29 is 9.59 Å². The number of halogens is 1. The van der Waals surface area contributed by atoms with E-state index in [1.54, 1.807) is 11.3 Å². The third-order valence-corrected chi connectivity index (χ3v) is 6.78. The first kappa shape index (κ1) is 16.7. The zero-order valence-electron chi connectivity index (χ0n) is 12.5. The van der Waals surface area contributed by atoms with Gasteiger partial charge in [-0.3, -0.25) is 9.59 Å². The van der Waals surface area contributed by atoms with E-state index < -0.39 is 0 Å². The van der Waals surface area contributed by atoms with Crippen LogP contribution >= 0.6 is 38.6 Å². The normalized spacial score (nSPS) is 15.6. The molecule has 3 rings (SSSR count). The van der Waals surface area contributed by atoms with Gasteiger partial charge in [-0.2, -0.15) is 0 Å². The Hall–Kier alpha value is -1.18. The summed E-state index contributed by atoms with van der Waals surface area (Å²) in [6.07, 6.45) is 1.46. The summed E-state index contributed by atoms with van der Waals surface area (Å²) in [4.78, 5) is 28.3. The highest BCUT2D eigenvalue weighted by atomic mass is 79.9. The number of carbonyl (C=O) groups excluding carboxylic acids is 2. The van der Waals surface area contributed by atoms with Crippen molar-refractivity contribution in [1.82, 2.24) is 10.2 Å². The van der Waals surface area contributed by atoms with Crippen molar-refractivity contribution in [2.45, 2.75) is 19.4 Å². The molecule has 0 aromatic carbocycles. The molecule has 7 heteroatoms. The maximum absolute atomic E-state index is 12.3. The monoisotopic (exact) mass is 412 g/mol. The minimum absolute atomic E-state index is 0.00104. The second kappa shape index (κ2) is 7.59. The van der Waals surface area contributed by atoms with E-state index in [-0.39, 0.29) is 17.7 Å². The summed E-state index contributed by atoms with van der Waals surface area (Å²) in [7, 11) is 0. The number of likely N-dealkylation sites (tertiary alicyclic amines) is 1. The van der Waals surface area contributed by atoms with Crippen LogP contribution in [-0.4, -0.2) is 29.8 Å². The van der Waals surface area contributed by atoms with Gasteiger partial charge in [0.05, 0.1) is 11.4 Å². The molecular formula is C16H17BrN2O2S2. The van der Waals surface area contributed by atoms with Gasteiger partial charge in [0.2, 0.25) is 5.91 Å². The summed E-state index contributed by atoms with van der Waals surface area (Å²) >= 11 is 6.56. The van der Waals surface area contributed by atoms with Crippen molar-refractivity contribution in [2.24, 2.45) is 5.92 Å². The van der Waals surface area contributed by atoms with Crippen LogP contribution in [0.1, 0.15) is 27.4 Å². The lowest BCUT2D eigenvalue weighted by Crippen LogP contribution is -2.42. The Bertz CT molecular complexity index is 676. The predicted octanol–water partition coefficient (Wildman–Crippen LogP) is 3.74. The van der Waals surface area contributed by atoms with Crippen LogP contribution in [0.4, 0.5) is 0 Å². The van der Waals surface area contributed by atoms with Crippen molar-refractivity contribution >= 4 is 50.4 Å². The highest BCUT2D eigenvalue weighted by Crippen LogP contribution is 2.24. The average Bonchev–Trinajstić information content (AvgIpc) is 3.24. The minimum Gasteiger partial charge on any atom is -0.351 e. The van der Waals surface area contributed by atoms with Gasteiger partial charge < -0.3 is 10.2 Å². The summed E-state index contributed by atoms with van der Waals surface area (Å²) in [5.74, 6) is 0.177. The molecule has 0 bridgehead atoms. The van der Waals surface area contributed by atoms with E-state index in [2.05, 4.69) is 21.2 Å². The molecule has 23 heavy (non-hydrogen) atoms. The highest BCUT2D eigenvalue weighted by Gasteiger charge is 2.28. The number of amides is 2. The summed E-state index contributed by atoms with van der Waals surface area (Å²) in [6, 6.07) is 5.73. The Morgan fingerprint density at radius 1 is 1.22 bits per heavy atom. The first-order valence-electron chi connectivity index (χ1n) is 7.47. The van der Waals surface area contributed by atoms with Crippen molar-refractivity contribution in [1.29, 1.82) is 0 Å². The van der Waals surface area contributed by atoms with Gasteiger partial charge in [0.15, 0.2) is 0 Å². The smallest absolute Gasteiger partial charge is 0.263 e. The Balaban J connectivity index is 1.47. The molecule has 1 aliphatic heterocycles. The van der Waals surface area contributed by atoms with Gasteiger partial charge in [-0.15, -0.1) is 22.7 Å². The van der Waals surface area contributed by atoms with Crippen LogP contribution in [0.2, 0.25) is 0 Å². The largest absolute Gasteiger partial charge is 0.351 e. The zero-order chi connectivity index (χ0) is 16.2. The average molecular weight is 413 g/mol. The van der Waals surface area contributed by atoms with Gasteiger partial charge in [-0.25, -0.2) is 0 Å². The molecule has 2 amide bonds. The molecule has 1 N–H and O–H groups in total. The van der Waals surface area contributed by atoms with Crippen LogP contribution in [0.3, 0.4) is 0 Å². The topological polar surface area (TPSA) is 49.4 Å². The Kier molecular flexibility index (Phi) is 5.50. The first-order valence-corrected chi connectivity index (χ1v) is 10.0. The van der Waals surface area contributed by atoms with Crippen LogP contribution < -0.4 is 5.32 Å². The van der Waals surface area contributed by atoms with Crippen LogP contribution in [0.5, 0.6) is 0 Å². The van der Waals surface area contributed by atoms with Gasteiger partial charge in [0, 0.05) is 28.4 Å². The van der Waals surface area contributed by atoms with Gasteiger partial charge >= 0.3 is 0 Å². The molecule has 3 heterocycles. The van der Waals surface area contributed by atoms with E-state index >= 15 is 0 Å². The molecule has 0 radical (unpaired) electrons. The highest BCUT2D eigenvalue weighted by molar-refractivity contribution is 9.10. The molecule has 0 unspecified atom stereocenters. The molecule has 2 aromatic rings. The summed E-state index contributed by atoms with van der Waals surface area (Å²) in [6.45, 7) is 1.86. The fourth-order valence-electron chi connectivity index (χ4n) is 2.66. The second-order valence-electron chi connectivity index (χ2n) is 5.45. The van der Waals surface area contributed by atoms with E-state index in [0.717, 1.165) is 27.1 Å². The number of nitrogens with one attached hydrogen (secondary N) is 1. The van der Waals surface area contributed by atoms with Gasteiger partial charge in [0.1, 0.15) is 0 Å². The third kappa shape index (κ3) is 4.02. The molecule has 2 aromatic heterocycles. The zero-order valence-corrected chi connectivity index (χ0v) is 15.7. The molecule has 122 valence electrons. The van der Waals surface area contributed by atoms with E-state index in [1.165, 1.54) is 11.3 Å². The molecule has 0 atom stereocenters. The Labute approximate surface area is 151 Å². The number of carbonyl (C=O) groups is 2. The van der Waals surface area contributed by atoms with Gasteiger partial charge in [-0.05, 0) is 51.7 Å². The molecule has 4 nitrogen and oxygen atoms in total. The number of piperidine rings is 1. The molecule has 0 saturated carbocycles. The van der Waals surface area contributed by atoms with Gasteiger partial charge in [0.25, 0.3) is 5.91 Å². The SMILES string of the molecule is O=C(NCc1sccc1Br)C1CCN(C(=O)c2cccs2)CC1. The van der Waals surface area contributed by atoms with Crippen molar-refractivity contribution in [3.8, 4) is 0 Å². The van der Waals surface area contributed by atoms with E-state index in [9.17, 15) is 9.59 Å². The van der Waals surface area contributed by atoms with Crippen LogP contribution in [-0.2, 0) is 11.3 Å². The number of nitrogens with zero attached hydrogens (tertiary/aromatic N) is 1. The van der Waals surface area contributed by atoms with Crippen molar-refractivity contribution in [3.05, 3.63) is 43.2 Å². The number of thiophene rings is 2. The number of hydrogen-bond acceptors (Lipinski definition) is 4. The molecule has 1 saturated heterocycles. The van der Waals surface area contributed by atoms with E-state index in [1.807, 2.05) is 33.9 Å². The fourth-order valence-corrected chi connectivity index (χ4v) is 4.79. The molecule has 0 spiro atoms. The number of hydrogen-bond donors (Lipinski definition) is 1. The summed E-state index contributed by atoms with van der Waals surface area (Å²) < 4.78 is 1.04. The molecular weight excluding hydrogens is 396 g/mol. The number of rotatable bonds is 4.